The third-order valence-corrected chi connectivity index (χ3v) is 3.84. The molecule has 0 aliphatic carbocycles. The second-order valence-electron chi connectivity index (χ2n) is 4.55. The topological polar surface area (TPSA) is 12.5 Å². The van der Waals surface area contributed by atoms with Crippen LogP contribution in [0.4, 0.5) is 0 Å². The highest BCUT2D eigenvalue weighted by molar-refractivity contribution is 9.10. The lowest BCUT2D eigenvalue weighted by Crippen LogP contribution is -2.32. The number of ether oxygens (including phenoxy) is 1. The van der Waals surface area contributed by atoms with E-state index >= 15 is 0 Å². The molecule has 1 fully saturated rings. The minimum absolute atomic E-state index is 0.610. The zero-order valence-corrected chi connectivity index (χ0v) is 11.9. The predicted molar refractivity (Wildman–Crippen MR) is 74.1 cm³/mol. The van der Waals surface area contributed by atoms with Gasteiger partial charge in [-0.1, -0.05) is 28.1 Å². The van der Waals surface area contributed by atoms with Gasteiger partial charge in [-0.3, -0.25) is 4.90 Å². The molecule has 0 saturated carbocycles. The van der Waals surface area contributed by atoms with Crippen LogP contribution >= 0.6 is 15.9 Å². The van der Waals surface area contributed by atoms with Gasteiger partial charge in [0, 0.05) is 23.7 Å². The molecule has 1 unspecified atom stereocenters. The molecule has 94 valence electrons. The summed E-state index contributed by atoms with van der Waals surface area (Å²) in [6, 6.07) is 9.23. The van der Waals surface area contributed by atoms with E-state index in [2.05, 4.69) is 52.0 Å². The van der Waals surface area contributed by atoms with Crippen LogP contribution in [0.25, 0.3) is 0 Å². The maximum Gasteiger partial charge on any atom is 0.0621 e. The van der Waals surface area contributed by atoms with E-state index in [4.69, 9.17) is 4.74 Å². The average molecular weight is 298 g/mol. The number of hydrogen-bond donors (Lipinski definition) is 0. The van der Waals surface area contributed by atoms with Crippen molar-refractivity contribution in [3.8, 4) is 0 Å². The third-order valence-electron chi connectivity index (χ3n) is 3.31. The Labute approximate surface area is 112 Å². The second-order valence-corrected chi connectivity index (χ2v) is 5.47. The van der Waals surface area contributed by atoms with Crippen molar-refractivity contribution in [3.63, 3.8) is 0 Å². The van der Waals surface area contributed by atoms with Crippen LogP contribution in [0.2, 0.25) is 0 Å². The molecule has 1 aliphatic rings. The van der Waals surface area contributed by atoms with Crippen molar-refractivity contribution < 1.29 is 4.74 Å². The lowest BCUT2D eigenvalue weighted by molar-refractivity contribution is 0.0824. The summed E-state index contributed by atoms with van der Waals surface area (Å²) in [7, 11) is 0. The number of rotatable bonds is 5. The van der Waals surface area contributed by atoms with E-state index in [1.165, 1.54) is 24.9 Å². The summed E-state index contributed by atoms with van der Waals surface area (Å²) in [5.74, 6) is 0. The molecule has 1 aliphatic heterocycles. The van der Waals surface area contributed by atoms with Crippen LogP contribution in [0.1, 0.15) is 25.3 Å². The SMILES string of the molecule is CCOCC1CCCN1Cc1ccc(Br)cc1. The minimum Gasteiger partial charge on any atom is -0.380 e. The first kappa shape index (κ1) is 13.1. The molecule has 3 heteroatoms. The van der Waals surface area contributed by atoms with Crippen LogP contribution < -0.4 is 0 Å². The Bertz CT molecular complexity index is 339. The first-order valence-electron chi connectivity index (χ1n) is 6.36. The summed E-state index contributed by atoms with van der Waals surface area (Å²) in [5, 5.41) is 0. The van der Waals surface area contributed by atoms with Gasteiger partial charge < -0.3 is 4.74 Å². The van der Waals surface area contributed by atoms with Crippen LogP contribution in [0.3, 0.4) is 0 Å². The molecule has 0 amide bonds. The molecule has 1 atom stereocenters. The third kappa shape index (κ3) is 3.80. The Kier molecular flexibility index (Phi) is 5.01. The van der Waals surface area contributed by atoms with Crippen molar-refractivity contribution in [1.29, 1.82) is 0 Å². The maximum absolute atomic E-state index is 5.56. The van der Waals surface area contributed by atoms with Gasteiger partial charge in [0.25, 0.3) is 0 Å². The molecule has 0 bridgehead atoms. The van der Waals surface area contributed by atoms with Crippen LogP contribution in [0, 0.1) is 0 Å². The van der Waals surface area contributed by atoms with Crippen LogP contribution in [-0.2, 0) is 11.3 Å². The van der Waals surface area contributed by atoms with E-state index in [1.54, 1.807) is 0 Å². The fraction of sp³-hybridized carbons (Fsp3) is 0.571. The summed E-state index contributed by atoms with van der Waals surface area (Å²) >= 11 is 3.47. The molecule has 0 aromatic heterocycles. The number of likely N-dealkylation sites (tertiary alicyclic amines) is 1. The first-order chi connectivity index (χ1) is 8.29. The highest BCUT2D eigenvalue weighted by Crippen LogP contribution is 2.21. The van der Waals surface area contributed by atoms with Gasteiger partial charge in [0.2, 0.25) is 0 Å². The number of halogens is 1. The Morgan fingerprint density at radius 3 is 2.82 bits per heavy atom. The van der Waals surface area contributed by atoms with Gasteiger partial charge in [-0.05, 0) is 44.0 Å². The lowest BCUT2D eigenvalue weighted by atomic mass is 10.2. The van der Waals surface area contributed by atoms with Crippen molar-refractivity contribution in [2.45, 2.75) is 32.4 Å². The van der Waals surface area contributed by atoms with E-state index in [0.717, 1.165) is 24.2 Å². The lowest BCUT2D eigenvalue weighted by Gasteiger charge is -2.24. The quantitative estimate of drug-likeness (QED) is 0.825. The summed E-state index contributed by atoms with van der Waals surface area (Å²) in [6.07, 6.45) is 2.57. The van der Waals surface area contributed by atoms with Crippen molar-refractivity contribution >= 4 is 15.9 Å². The zero-order chi connectivity index (χ0) is 12.1. The monoisotopic (exact) mass is 297 g/mol. The normalized spacial score (nSPS) is 20.9. The van der Waals surface area contributed by atoms with E-state index in [9.17, 15) is 0 Å². The van der Waals surface area contributed by atoms with Gasteiger partial charge in [0.05, 0.1) is 6.61 Å². The van der Waals surface area contributed by atoms with E-state index < -0.39 is 0 Å². The Morgan fingerprint density at radius 2 is 2.12 bits per heavy atom. The molecule has 17 heavy (non-hydrogen) atoms. The van der Waals surface area contributed by atoms with E-state index in [0.29, 0.717) is 6.04 Å². The molecule has 2 rings (SSSR count). The van der Waals surface area contributed by atoms with Crippen molar-refractivity contribution in [3.05, 3.63) is 34.3 Å². The maximum atomic E-state index is 5.56. The number of benzene rings is 1. The molecule has 0 spiro atoms. The summed E-state index contributed by atoms with van der Waals surface area (Å²) in [6.45, 7) is 6.02. The zero-order valence-electron chi connectivity index (χ0n) is 10.4. The van der Waals surface area contributed by atoms with Crippen molar-refractivity contribution in [2.75, 3.05) is 19.8 Å². The van der Waals surface area contributed by atoms with Crippen LogP contribution in [-0.4, -0.2) is 30.7 Å². The molecule has 0 radical (unpaired) electrons. The molecule has 0 N–H and O–H groups in total. The van der Waals surface area contributed by atoms with Crippen molar-refractivity contribution in [1.82, 2.24) is 4.90 Å². The van der Waals surface area contributed by atoms with E-state index in [1.807, 2.05) is 0 Å². The van der Waals surface area contributed by atoms with Gasteiger partial charge in [-0.25, -0.2) is 0 Å². The summed E-state index contributed by atoms with van der Waals surface area (Å²) < 4.78 is 6.70. The Hall–Kier alpha value is -0.380. The van der Waals surface area contributed by atoms with Gasteiger partial charge in [0.1, 0.15) is 0 Å². The molecule has 1 saturated heterocycles. The largest absolute Gasteiger partial charge is 0.380 e. The fourth-order valence-electron chi connectivity index (χ4n) is 2.37. The first-order valence-corrected chi connectivity index (χ1v) is 7.15. The Balaban J connectivity index is 1.90. The molecule has 2 nitrogen and oxygen atoms in total. The smallest absolute Gasteiger partial charge is 0.0621 e. The van der Waals surface area contributed by atoms with Crippen molar-refractivity contribution in [2.24, 2.45) is 0 Å². The van der Waals surface area contributed by atoms with Gasteiger partial charge in [-0.2, -0.15) is 0 Å². The Morgan fingerprint density at radius 1 is 1.35 bits per heavy atom. The van der Waals surface area contributed by atoms with Gasteiger partial charge in [-0.15, -0.1) is 0 Å². The van der Waals surface area contributed by atoms with Gasteiger partial charge >= 0.3 is 0 Å². The molecular weight excluding hydrogens is 278 g/mol. The van der Waals surface area contributed by atoms with Gasteiger partial charge in [0.15, 0.2) is 0 Å². The summed E-state index contributed by atoms with van der Waals surface area (Å²) in [5.41, 5.74) is 1.39. The molecular formula is C14H20BrNO. The number of nitrogens with zero attached hydrogens (tertiary/aromatic N) is 1. The molecule has 1 heterocycles. The second kappa shape index (κ2) is 6.53. The van der Waals surface area contributed by atoms with E-state index in [-0.39, 0.29) is 0 Å². The average Bonchev–Trinajstić information content (AvgIpc) is 2.77. The molecule has 1 aromatic carbocycles. The standard InChI is InChI=1S/C14H20BrNO/c1-2-17-11-14-4-3-9-16(14)10-12-5-7-13(15)8-6-12/h5-8,14H,2-4,9-11H2,1H3. The van der Waals surface area contributed by atoms with Crippen LogP contribution in [0.15, 0.2) is 28.7 Å². The fourth-order valence-corrected chi connectivity index (χ4v) is 2.63. The number of hydrogen-bond acceptors (Lipinski definition) is 2. The highest BCUT2D eigenvalue weighted by Gasteiger charge is 2.24. The minimum atomic E-state index is 0.610. The summed E-state index contributed by atoms with van der Waals surface area (Å²) in [4.78, 5) is 2.54. The molecule has 1 aromatic rings. The van der Waals surface area contributed by atoms with Crippen LogP contribution in [0.5, 0.6) is 0 Å². The predicted octanol–water partition coefficient (Wildman–Crippen LogP) is 3.45. The highest BCUT2D eigenvalue weighted by atomic mass is 79.9.